The minimum absolute atomic E-state index is 0. The lowest BCUT2D eigenvalue weighted by molar-refractivity contribution is -0.122. The molecule has 29 heavy (non-hydrogen) atoms. The van der Waals surface area contributed by atoms with Gasteiger partial charge in [-0.15, -0.1) is 24.0 Å². The first-order chi connectivity index (χ1) is 13.6. The van der Waals surface area contributed by atoms with Gasteiger partial charge in [0.15, 0.2) is 12.6 Å². The molecule has 0 aliphatic heterocycles. The van der Waals surface area contributed by atoms with Crippen molar-refractivity contribution >= 4 is 35.8 Å². The Labute approximate surface area is 190 Å². The van der Waals surface area contributed by atoms with Crippen LogP contribution in [0.15, 0.2) is 53.5 Å². The van der Waals surface area contributed by atoms with Crippen LogP contribution in [-0.4, -0.2) is 31.6 Å². The molecule has 0 saturated carbocycles. The molecule has 0 bridgehead atoms. The van der Waals surface area contributed by atoms with Crippen LogP contribution < -0.4 is 20.7 Å². The summed E-state index contributed by atoms with van der Waals surface area (Å²) in [6, 6.07) is 16.1. The maximum Gasteiger partial charge on any atom is 0.257 e. The topological polar surface area (TPSA) is 74.8 Å². The number of halogens is 1. The molecule has 2 aromatic carbocycles. The van der Waals surface area contributed by atoms with E-state index in [1.807, 2.05) is 38.1 Å². The summed E-state index contributed by atoms with van der Waals surface area (Å²) in [6.07, 6.45) is 0. The number of hydrogen-bond donors (Lipinski definition) is 3. The molecule has 158 valence electrons. The maximum atomic E-state index is 11.5. The van der Waals surface area contributed by atoms with E-state index in [1.54, 1.807) is 0 Å². The van der Waals surface area contributed by atoms with Gasteiger partial charge in [0.2, 0.25) is 0 Å². The van der Waals surface area contributed by atoms with Gasteiger partial charge in [-0.05, 0) is 44.0 Å². The summed E-state index contributed by atoms with van der Waals surface area (Å²) in [5, 5.41) is 9.32. The normalized spacial score (nSPS) is 10.7. The number of carbonyl (C=O) groups is 1. The van der Waals surface area contributed by atoms with E-state index in [9.17, 15) is 4.79 Å². The molecule has 0 aromatic heterocycles. The van der Waals surface area contributed by atoms with Gasteiger partial charge >= 0.3 is 0 Å². The Morgan fingerprint density at radius 1 is 0.966 bits per heavy atom. The lowest BCUT2D eigenvalue weighted by Crippen LogP contribution is -2.36. The number of likely N-dealkylation sites (N-methyl/N-ethyl adjacent to an activating group) is 1. The van der Waals surface area contributed by atoms with Gasteiger partial charge in [-0.25, -0.2) is 4.99 Å². The smallest absolute Gasteiger partial charge is 0.257 e. The number of aliphatic imine (C=N–C) groups is 1. The van der Waals surface area contributed by atoms with Crippen LogP contribution in [-0.2, 0) is 17.9 Å². The van der Waals surface area contributed by atoms with Gasteiger partial charge < -0.3 is 20.7 Å². The van der Waals surface area contributed by atoms with Crippen LogP contribution in [0.25, 0.3) is 0 Å². The second-order valence-electron chi connectivity index (χ2n) is 6.42. The van der Waals surface area contributed by atoms with Crippen molar-refractivity contribution in [1.29, 1.82) is 0 Å². The molecule has 7 heteroatoms. The minimum Gasteiger partial charge on any atom is -0.484 e. The summed E-state index contributed by atoms with van der Waals surface area (Å²) in [5.41, 5.74) is 3.47. The van der Waals surface area contributed by atoms with E-state index >= 15 is 0 Å². The summed E-state index contributed by atoms with van der Waals surface area (Å²) in [4.78, 5) is 16.2. The maximum absolute atomic E-state index is 11.5. The van der Waals surface area contributed by atoms with E-state index < -0.39 is 0 Å². The highest BCUT2D eigenvalue weighted by Gasteiger charge is 2.03. The Balaban J connectivity index is 0.00000420. The number of amides is 1. The zero-order chi connectivity index (χ0) is 20.2. The van der Waals surface area contributed by atoms with Crippen molar-refractivity contribution in [3.8, 4) is 5.75 Å². The van der Waals surface area contributed by atoms with Crippen LogP contribution in [0, 0.1) is 6.92 Å². The zero-order valence-corrected chi connectivity index (χ0v) is 19.7. The highest BCUT2D eigenvalue weighted by molar-refractivity contribution is 14.0. The number of nitrogens with one attached hydrogen (secondary N) is 3. The van der Waals surface area contributed by atoms with Crippen molar-refractivity contribution in [2.75, 3.05) is 19.7 Å². The fourth-order valence-corrected chi connectivity index (χ4v) is 2.53. The van der Waals surface area contributed by atoms with Gasteiger partial charge in [0.25, 0.3) is 5.91 Å². The van der Waals surface area contributed by atoms with E-state index in [0.29, 0.717) is 25.4 Å². The predicted octanol–water partition coefficient (Wildman–Crippen LogP) is 3.38. The summed E-state index contributed by atoms with van der Waals surface area (Å²) in [6.45, 7) is 8.63. The van der Waals surface area contributed by atoms with E-state index in [-0.39, 0.29) is 36.5 Å². The summed E-state index contributed by atoms with van der Waals surface area (Å²) in [5.74, 6) is 1.30. The van der Waals surface area contributed by atoms with Crippen LogP contribution in [0.2, 0.25) is 0 Å². The number of rotatable bonds is 9. The van der Waals surface area contributed by atoms with Gasteiger partial charge in [-0.2, -0.15) is 0 Å². The predicted molar refractivity (Wildman–Crippen MR) is 129 cm³/mol. The molecule has 0 unspecified atom stereocenters. The number of ether oxygens (including phenoxy) is 1. The molecule has 0 saturated heterocycles. The molecule has 2 rings (SSSR count). The summed E-state index contributed by atoms with van der Waals surface area (Å²) < 4.78 is 5.54. The molecule has 2 aromatic rings. The molecule has 0 atom stereocenters. The molecule has 0 aliphatic carbocycles. The third-order valence-electron chi connectivity index (χ3n) is 3.99. The van der Waals surface area contributed by atoms with Crippen LogP contribution in [0.3, 0.4) is 0 Å². The number of hydrogen-bond acceptors (Lipinski definition) is 3. The average Bonchev–Trinajstić information content (AvgIpc) is 2.70. The van der Waals surface area contributed by atoms with Crippen LogP contribution in [0.1, 0.15) is 30.5 Å². The van der Waals surface area contributed by atoms with Crippen LogP contribution in [0.4, 0.5) is 0 Å². The van der Waals surface area contributed by atoms with Crippen LogP contribution in [0.5, 0.6) is 5.75 Å². The van der Waals surface area contributed by atoms with Gasteiger partial charge in [0, 0.05) is 19.6 Å². The quantitative estimate of drug-likeness (QED) is 0.275. The third kappa shape index (κ3) is 9.65. The monoisotopic (exact) mass is 510 g/mol. The average molecular weight is 510 g/mol. The third-order valence-corrected chi connectivity index (χ3v) is 3.99. The first-order valence-electron chi connectivity index (χ1n) is 9.67. The SMILES string of the molecule is CCNC(=O)COc1cccc(CN=C(NCC)NCc2ccc(C)cc2)c1.I. The zero-order valence-electron chi connectivity index (χ0n) is 17.3. The van der Waals surface area contributed by atoms with Crippen LogP contribution >= 0.6 is 24.0 Å². The largest absolute Gasteiger partial charge is 0.484 e. The van der Waals surface area contributed by atoms with Crippen molar-refractivity contribution in [2.45, 2.75) is 33.9 Å². The summed E-state index contributed by atoms with van der Waals surface area (Å²) in [7, 11) is 0. The Bertz CT molecular complexity index is 779. The van der Waals surface area contributed by atoms with Gasteiger partial charge in [0.1, 0.15) is 5.75 Å². The Hall–Kier alpha value is -2.29. The molecule has 0 aliphatic rings. The fraction of sp³-hybridized carbons (Fsp3) is 0.364. The molecule has 0 fully saturated rings. The molecule has 1 amide bonds. The molecule has 3 N–H and O–H groups in total. The lowest BCUT2D eigenvalue weighted by atomic mass is 10.1. The molecular formula is C22H31IN4O2. The first kappa shape index (κ1) is 24.7. The number of carbonyl (C=O) groups excluding carboxylic acids is 1. The first-order valence-corrected chi connectivity index (χ1v) is 9.67. The highest BCUT2D eigenvalue weighted by Crippen LogP contribution is 2.14. The van der Waals surface area contributed by atoms with Crippen molar-refractivity contribution in [2.24, 2.45) is 4.99 Å². The van der Waals surface area contributed by atoms with E-state index in [4.69, 9.17) is 4.74 Å². The second kappa shape index (κ2) is 13.8. The molecule has 0 radical (unpaired) electrons. The van der Waals surface area contributed by atoms with Crippen molar-refractivity contribution in [3.05, 3.63) is 65.2 Å². The van der Waals surface area contributed by atoms with Gasteiger partial charge in [-0.1, -0.05) is 42.0 Å². The standard InChI is InChI=1S/C22H30N4O2.HI/c1-4-23-21(27)16-28-20-8-6-7-19(13-20)15-26-22(24-5-2)25-14-18-11-9-17(3)10-12-18;/h6-13H,4-5,14-16H2,1-3H3,(H,23,27)(H2,24,25,26);1H. The van der Waals surface area contributed by atoms with Crippen molar-refractivity contribution < 1.29 is 9.53 Å². The molecule has 0 heterocycles. The van der Waals surface area contributed by atoms with Gasteiger partial charge in [0.05, 0.1) is 6.54 Å². The minimum atomic E-state index is -0.124. The molecular weight excluding hydrogens is 479 g/mol. The fourth-order valence-electron chi connectivity index (χ4n) is 2.53. The summed E-state index contributed by atoms with van der Waals surface area (Å²) >= 11 is 0. The number of nitrogens with zero attached hydrogens (tertiary/aromatic N) is 1. The Morgan fingerprint density at radius 2 is 1.69 bits per heavy atom. The second-order valence-corrected chi connectivity index (χ2v) is 6.42. The lowest BCUT2D eigenvalue weighted by Gasteiger charge is -2.12. The van der Waals surface area contributed by atoms with E-state index in [2.05, 4.69) is 52.1 Å². The molecule has 0 spiro atoms. The Kier molecular flexibility index (Phi) is 11.8. The van der Waals surface area contributed by atoms with Crippen molar-refractivity contribution in [3.63, 3.8) is 0 Å². The van der Waals surface area contributed by atoms with E-state index in [0.717, 1.165) is 18.1 Å². The highest BCUT2D eigenvalue weighted by atomic mass is 127. The number of aryl methyl sites for hydroxylation is 1. The number of guanidine groups is 1. The Morgan fingerprint density at radius 3 is 2.38 bits per heavy atom. The van der Waals surface area contributed by atoms with Gasteiger partial charge in [-0.3, -0.25) is 4.79 Å². The number of benzene rings is 2. The van der Waals surface area contributed by atoms with E-state index in [1.165, 1.54) is 11.1 Å². The molecule has 6 nitrogen and oxygen atoms in total. The van der Waals surface area contributed by atoms with Crippen molar-refractivity contribution in [1.82, 2.24) is 16.0 Å².